The van der Waals surface area contributed by atoms with Crippen LogP contribution in [0.5, 0.6) is 0 Å². The minimum Gasteiger partial charge on any atom is -0.398 e. The van der Waals surface area contributed by atoms with Gasteiger partial charge in [0, 0.05) is 17.0 Å². The van der Waals surface area contributed by atoms with Gasteiger partial charge < -0.3 is 5.73 Å². The molecule has 1 heterocycles. The number of nitrogen functional groups attached to an aromatic ring is 1. The van der Waals surface area contributed by atoms with E-state index >= 15 is 0 Å². The molecule has 1 saturated heterocycles. The van der Waals surface area contributed by atoms with E-state index in [0.717, 1.165) is 9.80 Å². The highest BCUT2D eigenvalue weighted by Crippen LogP contribution is 2.37. The van der Waals surface area contributed by atoms with E-state index in [1.54, 1.807) is 18.2 Å². The number of carbonyl (C=O) groups is 2. The van der Waals surface area contributed by atoms with E-state index in [4.69, 9.17) is 28.9 Å². The average molecular weight is 367 g/mol. The zero-order valence-corrected chi connectivity index (χ0v) is 14.2. The molecular formula is C16H12Cl2N2O2S. The zero-order valence-electron chi connectivity index (χ0n) is 11.8. The molecule has 2 aromatic carbocycles. The number of amides is 2. The van der Waals surface area contributed by atoms with Gasteiger partial charge in [0.25, 0.3) is 0 Å². The Hall–Kier alpha value is -1.69. The summed E-state index contributed by atoms with van der Waals surface area (Å²) >= 11 is 13.1. The minimum atomic E-state index is -0.498. The number of benzene rings is 2. The third-order valence-electron chi connectivity index (χ3n) is 3.45. The van der Waals surface area contributed by atoms with Crippen LogP contribution < -0.4 is 10.6 Å². The topological polar surface area (TPSA) is 63.4 Å². The largest absolute Gasteiger partial charge is 0.398 e. The second-order valence-corrected chi connectivity index (χ2v) is 7.07. The fourth-order valence-corrected chi connectivity index (χ4v) is 3.72. The summed E-state index contributed by atoms with van der Waals surface area (Å²) in [5.74, 6) is -0.540. The first kappa shape index (κ1) is 16.2. The highest BCUT2D eigenvalue weighted by molar-refractivity contribution is 8.00. The molecule has 0 saturated carbocycles. The van der Waals surface area contributed by atoms with Gasteiger partial charge in [-0.1, -0.05) is 35.3 Å². The minimum absolute atomic E-state index is 0.123. The normalized spacial score (nSPS) is 17.8. The second kappa shape index (κ2) is 6.43. The van der Waals surface area contributed by atoms with Crippen LogP contribution >= 0.6 is 35.0 Å². The Balaban J connectivity index is 1.85. The van der Waals surface area contributed by atoms with Crippen LogP contribution in [0.15, 0.2) is 47.4 Å². The molecule has 1 aliphatic rings. The standard InChI is InChI=1S/C16H12Cl2N2O2S/c17-10-6-5-9(7-11(10)18)20-15(21)8-14(16(20)22)23-13-4-2-1-3-12(13)19/h1-7,14H,8,19H2/t14-/m0/s1. The summed E-state index contributed by atoms with van der Waals surface area (Å²) in [4.78, 5) is 26.8. The van der Waals surface area contributed by atoms with E-state index in [1.165, 1.54) is 17.8 Å². The quantitative estimate of drug-likeness (QED) is 0.658. The molecule has 1 atom stereocenters. The van der Waals surface area contributed by atoms with Crippen molar-refractivity contribution in [1.82, 2.24) is 0 Å². The maximum absolute atomic E-state index is 12.6. The molecule has 0 radical (unpaired) electrons. The van der Waals surface area contributed by atoms with Crippen LogP contribution in [-0.2, 0) is 9.59 Å². The Morgan fingerprint density at radius 1 is 1.09 bits per heavy atom. The van der Waals surface area contributed by atoms with Crippen LogP contribution in [-0.4, -0.2) is 17.1 Å². The molecule has 118 valence electrons. The molecule has 0 aromatic heterocycles. The van der Waals surface area contributed by atoms with Crippen LogP contribution in [0.2, 0.25) is 10.0 Å². The Kier molecular flexibility index (Phi) is 4.53. The van der Waals surface area contributed by atoms with Gasteiger partial charge in [-0.05, 0) is 30.3 Å². The third-order valence-corrected chi connectivity index (χ3v) is 5.47. The summed E-state index contributed by atoms with van der Waals surface area (Å²) in [6, 6.07) is 12.0. The molecule has 0 bridgehead atoms. The number of nitrogens with two attached hydrogens (primary N) is 1. The van der Waals surface area contributed by atoms with Gasteiger partial charge in [-0.15, -0.1) is 11.8 Å². The molecule has 23 heavy (non-hydrogen) atoms. The summed E-state index contributed by atoms with van der Waals surface area (Å²) < 4.78 is 0. The first-order valence-electron chi connectivity index (χ1n) is 6.80. The lowest BCUT2D eigenvalue weighted by Crippen LogP contribution is -2.31. The van der Waals surface area contributed by atoms with Crippen molar-refractivity contribution in [2.75, 3.05) is 10.6 Å². The van der Waals surface area contributed by atoms with E-state index < -0.39 is 5.25 Å². The number of nitrogens with zero attached hydrogens (tertiary/aromatic N) is 1. The summed E-state index contributed by atoms with van der Waals surface area (Å²) in [7, 11) is 0. The molecule has 2 aromatic rings. The predicted molar refractivity (Wildman–Crippen MR) is 94.1 cm³/mol. The van der Waals surface area contributed by atoms with Crippen molar-refractivity contribution in [3.05, 3.63) is 52.5 Å². The summed E-state index contributed by atoms with van der Waals surface area (Å²) in [6.45, 7) is 0. The molecule has 0 spiro atoms. The number of hydrogen-bond acceptors (Lipinski definition) is 4. The Morgan fingerprint density at radius 2 is 1.83 bits per heavy atom. The maximum Gasteiger partial charge on any atom is 0.247 e. The van der Waals surface area contributed by atoms with E-state index in [-0.39, 0.29) is 18.2 Å². The lowest BCUT2D eigenvalue weighted by Gasteiger charge is -2.15. The molecule has 4 nitrogen and oxygen atoms in total. The number of para-hydroxylation sites is 1. The van der Waals surface area contributed by atoms with Crippen molar-refractivity contribution in [2.45, 2.75) is 16.6 Å². The van der Waals surface area contributed by atoms with Gasteiger partial charge in [-0.2, -0.15) is 0 Å². The number of rotatable bonds is 3. The van der Waals surface area contributed by atoms with Crippen LogP contribution in [0, 0.1) is 0 Å². The van der Waals surface area contributed by atoms with Crippen LogP contribution in [0.3, 0.4) is 0 Å². The molecule has 7 heteroatoms. The van der Waals surface area contributed by atoms with Crippen molar-refractivity contribution in [2.24, 2.45) is 0 Å². The fourth-order valence-electron chi connectivity index (χ4n) is 2.33. The van der Waals surface area contributed by atoms with Gasteiger partial charge in [-0.25, -0.2) is 4.90 Å². The van der Waals surface area contributed by atoms with E-state index in [1.807, 2.05) is 18.2 Å². The Morgan fingerprint density at radius 3 is 2.52 bits per heavy atom. The third kappa shape index (κ3) is 3.17. The summed E-state index contributed by atoms with van der Waals surface area (Å²) in [6.07, 6.45) is 0.123. The van der Waals surface area contributed by atoms with Gasteiger partial charge in [-0.3, -0.25) is 9.59 Å². The predicted octanol–water partition coefficient (Wildman–Crippen LogP) is 4.00. The van der Waals surface area contributed by atoms with Gasteiger partial charge >= 0.3 is 0 Å². The van der Waals surface area contributed by atoms with Crippen molar-refractivity contribution in [3.63, 3.8) is 0 Å². The lowest BCUT2D eigenvalue weighted by atomic mass is 10.3. The monoisotopic (exact) mass is 366 g/mol. The number of halogens is 2. The zero-order chi connectivity index (χ0) is 16.6. The van der Waals surface area contributed by atoms with Gasteiger partial charge in [0.1, 0.15) is 0 Å². The number of thioether (sulfide) groups is 1. The fraction of sp³-hybridized carbons (Fsp3) is 0.125. The van der Waals surface area contributed by atoms with E-state index in [9.17, 15) is 9.59 Å². The molecule has 1 fully saturated rings. The molecular weight excluding hydrogens is 355 g/mol. The van der Waals surface area contributed by atoms with Crippen molar-refractivity contribution in [1.29, 1.82) is 0 Å². The SMILES string of the molecule is Nc1ccccc1S[C@H]1CC(=O)N(c2ccc(Cl)c(Cl)c2)C1=O. The number of imide groups is 1. The molecule has 1 aliphatic heterocycles. The van der Waals surface area contributed by atoms with Gasteiger partial charge in [0.15, 0.2) is 0 Å². The Labute approximate surface area is 147 Å². The first-order chi connectivity index (χ1) is 11.0. The van der Waals surface area contributed by atoms with E-state index in [2.05, 4.69) is 0 Å². The average Bonchev–Trinajstić information content (AvgIpc) is 2.79. The maximum atomic E-state index is 12.6. The molecule has 0 aliphatic carbocycles. The Bertz CT molecular complexity index is 797. The van der Waals surface area contributed by atoms with Crippen molar-refractivity contribution >= 4 is 58.2 Å². The molecule has 2 amide bonds. The smallest absolute Gasteiger partial charge is 0.247 e. The highest BCUT2D eigenvalue weighted by atomic mass is 35.5. The lowest BCUT2D eigenvalue weighted by molar-refractivity contribution is -0.121. The first-order valence-corrected chi connectivity index (χ1v) is 8.44. The number of carbonyl (C=O) groups excluding carboxylic acids is 2. The summed E-state index contributed by atoms with van der Waals surface area (Å²) in [5, 5.41) is 0.173. The molecule has 3 rings (SSSR count). The number of hydrogen-bond donors (Lipinski definition) is 1. The van der Waals surface area contributed by atoms with E-state index in [0.29, 0.717) is 21.4 Å². The number of anilines is 2. The second-order valence-electron chi connectivity index (χ2n) is 5.01. The van der Waals surface area contributed by atoms with Crippen LogP contribution in [0.25, 0.3) is 0 Å². The van der Waals surface area contributed by atoms with Crippen LogP contribution in [0.4, 0.5) is 11.4 Å². The van der Waals surface area contributed by atoms with Gasteiger partial charge in [0.05, 0.1) is 21.0 Å². The van der Waals surface area contributed by atoms with Crippen molar-refractivity contribution < 1.29 is 9.59 Å². The van der Waals surface area contributed by atoms with Gasteiger partial charge in [0.2, 0.25) is 11.8 Å². The molecule has 0 unspecified atom stereocenters. The summed E-state index contributed by atoms with van der Waals surface area (Å²) in [5.41, 5.74) is 6.92. The highest BCUT2D eigenvalue weighted by Gasteiger charge is 2.40. The van der Waals surface area contributed by atoms with Crippen molar-refractivity contribution in [3.8, 4) is 0 Å². The molecule has 2 N–H and O–H groups in total. The van der Waals surface area contributed by atoms with Crippen LogP contribution in [0.1, 0.15) is 6.42 Å².